The average molecular weight is 439 g/mol. The lowest BCUT2D eigenvalue weighted by Crippen LogP contribution is -2.37. The summed E-state index contributed by atoms with van der Waals surface area (Å²) in [6.07, 6.45) is 3.37. The fourth-order valence-electron chi connectivity index (χ4n) is 4.14. The van der Waals surface area contributed by atoms with Crippen LogP contribution in [0.1, 0.15) is 50.6 Å². The number of allylic oxidation sites excluding steroid dienone is 1. The normalized spacial score (nSPS) is 18.9. The number of Topliss-reactive ketones (excluding diaryl/α,β-unsaturated/α-hetero) is 1. The zero-order valence-corrected chi connectivity index (χ0v) is 17.5. The third kappa shape index (κ3) is 3.39. The van der Waals surface area contributed by atoms with Gasteiger partial charge in [-0.05, 0) is 49.1 Å². The van der Waals surface area contributed by atoms with Crippen LogP contribution in [0.3, 0.4) is 0 Å². The van der Waals surface area contributed by atoms with E-state index in [9.17, 15) is 9.59 Å². The number of fused-ring (bicyclic) bond motifs is 1. The number of nitrogens with zero attached hydrogens (tertiary/aromatic N) is 1. The second-order valence-corrected chi connectivity index (χ2v) is 8.20. The predicted octanol–water partition coefficient (Wildman–Crippen LogP) is 5.76. The van der Waals surface area contributed by atoms with E-state index in [0.717, 1.165) is 51.9 Å². The summed E-state index contributed by atoms with van der Waals surface area (Å²) in [7, 11) is 0. The van der Waals surface area contributed by atoms with Gasteiger partial charge >= 0.3 is 0 Å². The van der Waals surface area contributed by atoms with Crippen LogP contribution in [0.5, 0.6) is 0 Å². The van der Waals surface area contributed by atoms with E-state index in [4.69, 9.17) is 0 Å². The SMILES string of the molecule is CCCC(=O)N1c2ccccc2NC2=C(C(=O)CCC2)[C@H]1c1cccc(Br)c1. The van der Waals surface area contributed by atoms with Gasteiger partial charge in [0.25, 0.3) is 0 Å². The van der Waals surface area contributed by atoms with Crippen LogP contribution in [0.25, 0.3) is 0 Å². The van der Waals surface area contributed by atoms with Crippen molar-refractivity contribution < 1.29 is 9.59 Å². The van der Waals surface area contributed by atoms with Crippen molar-refractivity contribution in [3.8, 4) is 0 Å². The Morgan fingerprint density at radius 2 is 2.00 bits per heavy atom. The number of anilines is 2. The molecule has 1 N–H and O–H groups in total. The third-order valence-corrected chi connectivity index (χ3v) is 5.83. The zero-order valence-electron chi connectivity index (χ0n) is 15.9. The Balaban J connectivity index is 1.99. The van der Waals surface area contributed by atoms with E-state index in [0.29, 0.717) is 12.8 Å². The Hall–Kier alpha value is -2.40. The molecule has 0 bridgehead atoms. The van der Waals surface area contributed by atoms with Crippen molar-refractivity contribution in [2.24, 2.45) is 0 Å². The summed E-state index contributed by atoms with van der Waals surface area (Å²) >= 11 is 3.55. The van der Waals surface area contributed by atoms with E-state index in [1.54, 1.807) is 0 Å². The lowest BCUT2D eigenvalue weighted by molar-refractivity contribution is -0.119. The highest BCUT2D eigenvalue weighted by atomic mass is 79.9. The Morgan fingerprint density at radius 3 is 2.79 bits per heavy atom. The average Bonchev–Trinajstić information content (AvgIpc) is 2.83. The number of carbonyl (C=O) groups is 2. The molecule has 0 saturated heterocycles. The van der Waals surface area contributed by atoms with Crippen LogP contribution in [-0.4, -0.2) is 11.7 Å². The Morgan fingerprint density at radius 1 is 1.18 bits per heavy atom. The molecule has 144 valence electrons. The first-order chi connectivity index (χ1) is 13.6. The van der Waals surface area contributed by atoms with Gasteiger partial charge in [-0.3, -0.25) is 14.5 Å². The summed E-state index contributed by atoms with van der Waals surface area (Å²) in [5.74, 6) is 0.162. The van der Waals surface area contributed by atoms with Gasteiger partial charge in [-0.2, -0.15) is 0 Å². The number of carbonyl (C=O) groups excluding carboxylic acids is 2. The van der Waals surface area contributed by atoms with E-state index >= 15 is 0 Å². The van der Waals surface area contributed by atoms with E-state index < -0.39 is 6.04 Å². The number of para-hydroxylation sites is 2. The molecule has 0 spiro atoms. The van der Waals surface area contributed by atoms with Gasteiger partial charge in [0, 0.05) is 28.6 Å². The van der Waals surface area contributed by atoms with Gasteiger partial charge in [-0.1, -0.05) is 47.1 Å². The summed E-state index contributed by atoms with van der Waals surface area (Å²) in [6.45, 7) is 2.00. The first-order valence-electron chi connectivity index (χ1n) is 9.80. The summed E-state index contributed by atoms with van der Waals surface area (Å²) in [6, 6.07) is 15.4. The topological polar surface area (TPSA) is 49.4 Å². The summed E-state index contributed by atoms with van der Waals surface area (Å²) in [4.78, 5) is 28.2. The Labute approximate surface area is 173 Å². The van der Waals surface area contributed by atoms with Crippen molar-refractivity contribution in [1.82, 2.24) is 0 Å². The highest BCUT2D eigenvalue weighted by molar-refractivity contribution is 9.10. The molecule has 4 rings (SSSR count). The minimum Gasteiger partial charge on any atom is -0.357 e. The van der Waals surface area contributed by atoms with Crippen molar-refractivity contribution in [3.63, 3.8) is 0 Å². The highest BCUT2D eigenvalue weighted by Gasteiger charge is 2.39. The molecule has 2 aromatic rings. The first-order valence-corrected chi connectivity index (χ1v) is 10.6. The maximum absolute atomic E-state index is 13.3. The van der Waals surface area contributed by atoms with Crippen LogP contribution < -0.4 is 10.2 Å². The molecule has 1 aliphatic heterocycles. The molecular formula is C23H23BrN2O2. The molecule has 0 radical (unpaired) electrons. The second-order valence-electron chi connectivity index (χ2n) is 7.28. The minimum absolute atomic E-state index is 0.0360. The molecule has 1 aliphatic carbocycles. The smallest absolute Gasteiger partial charge is 0.227 e. The van der Waals surface area contributed by atoms with Gasteiger partial charge in [0.1, 0.15) is 0 Å². The molecule has 2 aromatic carbocycles. The number of hydrogen-bond acceptors (Lipinski definition) is 3. The lowest BCUT2D eigenvalue weighted by Gasteiger charge is -2.34. The summed E-state index contributed by atoms with van der Waals surface area (Å²) in [5.41, 5.74) is 4.32. The number of amides is 1. The van der Waals surface area contributed by atoms with E-state index in [1.807, 2.05) is 60.4 Å². The van der Waals surface area contributed by atoms with Crippen molar-refractivity contribution >= 4 is 39.0 Å². The molecule has 2 aliphatic rings. The quantitative estimate of drug-likeness (QED) is 0.662. The number of benzene rings is 2. The molecule has 0 fully saturated rings. The van der Waals surface area contributed by atoms with Crippen LogP contribution in [0.15, 0.2) is 64.3 Å². The van der Waals surface area contributed by atoms with Gasteiger partial charge in [-0.15, -0.1) is 0 Å². The van der Waals surface area contributed by atoms with Crippen LogP contribution in [0.4, 0.5) is 11.4 Å². The standard InChI is InChI=1S/C23H23BrN2O2/c1-2-7-21(28)26-19-12-4-3-10-17(19)25-18-11-6-13-20(27)22(18)23(26)15-8-5-9-16(24)14-15/h3-5,8-10,12,14,23,25H,2,6-7,11,13H2,1H3/t23-/m1/s1. The lowest BCUT2D eigenvalue weighted by atomic mass is 9.85. The molecule has 1 amide bonds. The van der Waals surface area contributed by atoms with Crippen LogP contribution >= 0.6 is 15.9 Å². The molecule has 1 atom stereocenters. The monoisotopic (exact) mass is 438 g/mol. The number of nitrogens with one attached hydrogen (secondary N) is 1. The zero-order chi connectivity index (χ0) is 19.7. The number of hydrogen-bond donors (Lipinski definition) is 1. The molecular weight excluding hydrogens is 416 g/mol. The minimum atomic E-state index is -0.421. The van der Waals surface area contributed by atoms with Crippen LogP contribution in [0.2, 0.25) is 0 Å². The number of rotatable bonds is 3. The number of halogens is 1. The largest absolute Gasteiger partial charge is 0.357 e. The fourth-order valence-corrected chi connectivity index (χ4v) is 4.55. The molecule has 28 heavy (non-hydrogen) atoms. The molecule has 1 heterocycles. The molecule has 5 heteroatoms. The Kier molecular flexibility index (Phi) is 5.36. The van der Waals surface area contributed by atoms with Gasteiger partial charge in [0.05, 0.1) is 17.4 Å². The van der Waals surface area contributed by atoms with E-state index in [2.05, 4.69) is 21.2 Å². The first kappa shape index (κ1) is 18.9. The second kappa shape index (κ2) is 7.92. The fraction of sp³-hybridized carbons (Fsp3) is 0.304. The molecule has 0 saturated carbocycles. The van der Waals surface area contributed by atoms with Crippen molar-refractivity contribution in [3.05, 3.63) is 69.8 Å². The Bertz CT molecular complexity index is 967. The van der Waals surface area contributed by atoms with Gasteiger partial charge in [0.2, 0.25) is 5.91 Å². The highest BCUT2D eigenvalue weighted by Crippen LogP contribution is 2.45. The van der Waals surface area contributed by atoms with Gasteiger partial charge < -0.3 is 5.32 Å². The van der Waals surface area contributed by atoms with Crippen molar-refractivity contribution in [2.45, 2.75) is 45.1 Å². The van der Waals surface area contributed by atoms with E-state index in [-0.39, 0.29) is 11.7 Å². The van der Waals surface area contributed by atoms with Crippen molar-refractivity contribution in [1.29, 1.82) is 0 Å². The molecule has 4 nitrogen and oxygen atoms in total. The van der Waals surface area contributed by atoms with Crippen molar-refractivity contribution in [2.75, 3.05) is 10.2 Å². The predicted molar refractivity (Wildman–Crippen MR) is 115 cm³/mol. The summed E-state index contributed by atoms with van der Waals surface area (Å²) < 4.78 is 0.934. The maximum atomic E-state index is 13.3. The molecule has 0 unspecified atom stereocenters. The maximum Gasteiger partial charge on any atom is 0.227 e. The van der Waals surface area contributed by atoms with E-state index in [1.165, 1.54) is 0 Å². The van der Waals surface area contributed by atoms with Crippen LogP contribution in [0, 0.1) is 0 Å². The van der Waals surface area contributed by atoms with Crippen LogP contribution in [-0.2, 0) is 9.59 Å². The number of ketones is 1. The third-order valence-electron chi connectivity index (χ3n) is 5.33. The summed E-state index contributed by atoms with van der Waals surface area (Å²) in [5, 5.41) is 3.49. The molecule has 0 aromatic heterocycles. The van der Waals surface area contributed by atoms with Gasteiger partial charge in [0.15, 0.2) is 5.78 Å². The van der Waals surface area contributed by atoms with Gasteiger partial charge in [-0.25, -0.2) is 0 Å².